The van der Waals surface area contributed by atoms with Gasteiger partial charge in [0.05, 0.1) is 14.2 Å². The fraction of sp³-hybridized carbons (Fsp3) is 0.286. The first kappa shape index (κ1) is 21.7. The third kappa shape index (κ3) is 6.24. The molecule has 0 radical (unpaired) electrons. The number of ketones is 1. The summed E-state index contributed by atoms with van der Waals surface area (Å²) in [7, 11) is 3.00. The Labute approximate surface area is 168 Å². The second kappa shape index (κ2) is 10.1. The standard InChI is InChI=1S/C21H23NO7/c1-13(23)15-5-8-17(9-6-15)28-12-20(24)29-14(2)21(25)22-16-7-10-18(26-3)19(11-16)27-4/h5-11,14H,12H2,1-4H3,(H,22,25)/t14-/m0/s1. The molecule has 154 valence electrons. The Morgan fingerprint density at radius 2 is 1.62 bits per heavy atom. The number of amides is 1. The monoisotopic (exact) mass is 401 g/mol. The van der Waals surface area contributed by atoms with E-state index in [-0.39, 0.29) is 12.4 Å². The number of hydrogen-bond acceptors (Lipinski definition) is 7. The van der Waals surface area contributed by atoms with E-state index in [4.69, 9.17) is 18.9 Å². The Kier molecular flexibility index (Phi) is 7.59. The summed E-state index contributed by atoms with van der Waals surface area (Å²) in [6.45, 7) is 2.55. The smallest absolute Gasteiger partial charge is 0.344 e. The van der Waals surface area contributed by atoms with Crippen LogP contribution >= 0.6 is 0 Å². The Hall–Kier alpha value is -3.55. The highest BCUT2D eigenvalue weighted by Gasteiger charge is 2.19. The van der Waals surface area contributed by atoms with Gasteiger partial charge in [0.2, 0.25) is 0 Å². The Morgan fingerprint density at radius 1 is 0.966 bits per heavy atom. The predicted octanol–water partition coefficient (Wildman–Crippen LogP) is 2.86. The molecule has 2 aromatic carbocycles. The lowest BCUT2D eigenvalue weighted by Gasteiger charge is -2.15. The van der Waals surface area contributed by atoms with E-state index in [0.717, 1.165) is 0 Å². The van der Waals surface area contributed by atoms with Crippen LogP contribution in [0.1, 0.15) is 24.2 Å². The normalized spacial score (nSPS) is 11.2. The molecule has 2 aromatic rings. The molecule has 0 fully saturated rings. The van der Waals surface area contributed by atoms with E-state index in [2.05, 4.69) is 5.32 Å². The fourth-order valence-electron chi connectivity index (χ4n) is 2.37. The number of esters is 1. The van der Waals surface area contributed by atoms with E-state index in [1.807, 2.05) is 0 Å². The van der Waals surface area contributed by atoms with Gasteiger partial charge in [0.25, 0.3) is 5.91 Å². The van der Waals surface area contributed by atoms with Crippen molar-refractivity contribution in [3.8, 4) is 17.2 Å². The number of methoxy groups -OCH3 is 2. The molecule has 2 rings (SSSR count). The van der Waals surface area contributed by atoms with E-state index >= 15 is 0 Å². The first-order valence-corrected chi connectivity index (χ1v) is 8.80. The average molecular weight is 401 g/mol. The minimum absolute atomic E-state index is 0.0646. The summed E-state index contributed by atoms with van der Waals surface area (Å²) < 4.78 is 20.7. The largest absolute Gasteiger partial charge is 0.493 e. The average Bonchev–Trinajstić information content (AvgIpc) is 2.72. The second-order valence-corrected chi connectivity index (χ2v) is 6.06. The third-order valence-corrected chi connectivity index (χ3v) is 3.95. The summed E-state index contributed by atoms with van der Waals surface area (Å²) in [5, 5.41) is 2.64. The number of hydrogen-bond donors (Lipinski definition) is 1. The molecule has 1 N–H and O–H groups in total. The molecule has 0 aromatic heterocycles. The highest BCUT2D eigenvalue weighted by molar-refractivity contribution is 5.95. The van der Waals surface area contributed by atoms with Gasteiger partial charge >= 0.3 is 5.97 Å². The third-order valence-electron chi connectivity index (χ3n) is 3.95. The summed E-state index contributed by atoms with van der Waals surface area (Å²) >= 11 is 0. The van der Waals surface area contributed by atoms with E-state index in [0.29, 0.717) is 28.5 Å². The van der Waals surface area contributed by atoms with Crippen molar-refractivity contribution in [2.45, 2.75) is 20.0 Å². The molecule has 1 amide bonds. The van der Waals surface area contributed by atoms with Crippen molar-refractivity contribution >= 4 is 23.3 Å². The molecule has 0 bridgehead atoms. The van der Waals surface area contributed by atoms with Crippen molar-refractivity contribution in [2.75, 3.05) is 26.1 Å². The van der Waals surface area contributed by atoms with Crippen LogP contribution in [-0.2, 0) is 14.3 Å². The van der Waals surface area contributed by atoms with E-state index in [1.54, 1.807) is 42.5 Å². The van der Waals surface area contributed by atoms with Gasteiger partial charge in [0.15, 0.2) is 30.0 Å². The van der Waals surface area contributed by atoms with Crippen LogP contribution in [0.25, 0.3) is 0 Å². The van der Waals surface area contributed by atoms with Gasteiger partial charge in [-0.25, -0.2) is 4.79 Å². The summed E-state index contributed by atoms with van der Waals surface area (Å²) in [5.74, 6) is 0.129. The van der Waals surface area contributed by atoms with Crippen molar-refractivity contribution < 1.29 is 33.3 Å². The first-order valence-electron chi connectivity index (χ1n) is 8.80. The minimum Gasteiger partial charge on any atom is -0.493 e. The summed E-state index contributed by atoms with van der Waals surface area (Å²) in [6, 6.07) is 11.2. The first-order chi connectivity index (χ1) is 13.8. The van der Waals surface area contributed by atoms with Crippen LogP contribution in [0.4, 0.5) is 5.69 Å². The fourth-order valence-corrected chi connectivity index (χ4v) is 2.37. The van der Waals surface area contributed by atoms with Crippen molar-refractivity contribution in [1.82, 2.24) is 0 Å². The lowest BCUT2D eigenvalue weighted by Crippen LogP contribution is -2.31. The van der Waals surface area contributed by atoms with Crippen molar-refractivity contribution in [2.24, 2.45) is 0 Å². The van der Waals surface area contributed by atoms with Crippen LogP contribution in [0.3, 0.4) is 0 Å². The molecule has 1 atom stereocenters. The molecular weight excluding hydrogens is 378 g/mol. The summed E-state index contributed by atoms with van der Waals surface area (Å²) in [4.78, 5) is 35.4. The predicted molar refractivity (Wildman–Crippen MR) is 106 cm³/mol. The Bertz CT molecular complexity index is 877. The highest BCUT2D eigenvalue weighted by atomic mass is 16.6. The Morgan fingerprint density at radius 3 is 2.21 bits per heavy atom. The zero-order valence-electron chi connectivity index (χ0n) is 16.7. The van der Waals surface area contributed by atoms with Crippen LogP contribution < -0.4 is 19.5 Å². The highest BCUT2D eigenvalue weighted by Crippen LogP contribution is 2.29. The zero-order valence-corrected chi connectivity index (χ0v) is 16.7. The maximum absolute atomic E-state index is 12.2. The van der Waals surface area contributed by atoms with Crippen LogP contribution in [-0.4, -0.2) is 44.6 Å². The Balaban J connectivity index is 1.85. The lowest BCUT2D eigenvalue weighted by atomic mass is 10.1. The number of carbonyl (C=O) groups is 3. The van der Waals surface area contributed by atoms with Gasteiger partial charge in [-0.2, -0.15) is 0 Å². The molecule has 0 aliphatic rings. The van der Waals surface area contributed by atoms with Gasteiger partial charge in [-0.15, -0.1) is 0 Å². The SMILES string of the molecule is COc1ccc(NC(=O)[C@H](C)OC(=O)COc2ccc(C(C)=O)cc2)cc1OC. The molecule has 0 heterocycles. The molecule has 0 aliphatic heterocycles. The molecule has 0 aliphatic carbocycles. The zero-order chi connectivity index (χ0) is 21.4. The number of carbonyl (C=O) groups excluding carboxylic acids is 3. The number of anilines is 1. The van der Waals surface area contributed by atoms with E-state index < -0.39 is 18.0 Å². The molecule has 29 heavy (non-hydrogen) atoms. The number of Topliss-reactive ketones (excluding diaryl/α,β-unsaturated/α-hetero) is 1. The van der Waals surface area contributed by atoms with Crippen molar-refractivity contribution in [1.29, 1.82) is 0 Å². The second-order valence-electron chi connectivity index (χ2n) is 6.06. The van der Waals surface area contributed by atoms with Crippen LogP contribution in [0, 0.1) is 0 Å². The summed E-state index contributed by atoms with van der Waals surface area (Å²) in [5.41, 5.74) is 1.01. The number of ether oxygens (including phenoxy) is 4. The topological polar surface area (TPSA) is 100 Å². The van der Waals surface area contributed by atoms with Crippen molar-refractivity contribution in [3.05, 3.63) is 48.0 Å². The van der Waals surface area contributed by atoms with E-state index in [1.165, 1.54) is 28.1 Å². The maximum atomic E-state index is 12.2. The van der Waals surface area contributed by atoms with Crippen LogP contribution in [0.5, 0.6) is 17.2 Å². The molecule has 0 unspecified atom stereocenters. The summed E-state index contributed by atoms with van der Waals surface area (Å²) in [6.07, 6.45) is -1.03. The van der Waals surface area contributed by atoms with Gasteiger partial charge in [-0.05, 0) is 50.2 Å². The lowest BCUT2D eigenvalue weighted by molar-refractivity contribution is -0.155. The molecule has 8 nitrogen and oxygen atoms in total. The number of benzene rings is 2. The molecule has 0 saturated carbocycles. The number of nitrogens with one attached hydrogen (secondary N) is 1. The van der Waals surface area contributed by atoms with Gasteiger partial charge in [-0.3, -0.25) is 9.59 Å². The maximum Gasteiger partial charge on any atom is 0.344 e. The van der Waals surface area contributed by atoms with Gasteiger partial charge in [-0.1, -0.05) is 0 Å². The van der Waals surface area contributed by atoms with Crippen LogP contribution in [0.2, 0.25) is 0 Å². The molecule has 8 heteroatoms. The van der Waals surface area contributed by atoms with Crippen LogP contribution in [0.15, 0.2) is 42.5 Å². The number of rotatable bonds is 9. The van der Waals surface area contributed by atoms with E-state index in [9.17, 15) is 14.4 Å². The quantitative estimate of drug-likeness (QED) is 0.509. The van der Waals surface area contributed by atoms with Crippen molar-refractivity contribution in [3.63, 3.8) is 0 Å². The molecule has 0 spiro atoms. The van der Waals surface area contributed by atoms with Gasteiger partial charge in [0.1, 0.15) is 5.75 Å². The minimum atomic E-state index is -1.03. The van der Waals surface area contributed by atoms with Gasteiger partial charge in [0, 0.05) is 17.3 Å². The molecular formula is C21H23NO7. The molecule has 0 saturated heterocycles. The van der Waals surface area contributed by atoms with Gasteiger partial charge < -0.3 is 24.3 Å².